The first-order valence-corrected chi connectivity index (χ1v) is 8.49. The van der Waals surface area contributed by atoms with E-state index in [0.717, 1.165) is 26.2 Å². The number of anilines is 2. The molecule has 1 saturated heterocycles. The molecule has 0 atom stereocenters. The van der Waals surface area contributed by atoms with E-state index < -0.39 is 0 Å². The predicted octanol–water partition coefficient (Wildman–Crippen LogP) is 2.87. The van der Waals surface area contributed by atoms with Gasteiger partial charge in [-0.15, -0.1) is 0 Å². The van der Waals surface area contributed by atoms with Gasteiger partial charge in [-0.1, -0.05) is 11.6 Å². The minimum Gasteiger partial charge on any atom is -0.495 e. The molecule has 1 aliphatic rings. The average Bonchev–Trinajstić information content (AvgIpc) is 2.62. The molecule has 0 saturated carbocycles. The lowest BCUT2D eigenvalue weighted by Gasteiger charge is -2.32. The van der Waals surface area contributed by atoms with Gasteiger partial charge in [-0.3, -0.25) is 4.79 Å². The zero-order chi connectivity index (χ0) is 17.8. The summed E-state index contributed by atoms with van der Waals surface area (Å²) in [6.45, 7) is 3.26. The third kappa shape index (κ3) is 4.21. The Kier molecular flexibility index (Phi) is 5.40. The van der Waals surface area contributed by atoms with Gasteiger partial charge in [-0.05, 0) is 37.4 Å². The maximum Gasteiger partial charge on any atom is 0.254 e. The number of carbonyl (C=O) groups excluding carboxylic acids is 1. The van der Waals surface area contributed by atoms with E-state index in [1.165, 1.54) is 0 Å². The number of hydrogen-bond acceptors (Lipinski definition) is 5. The lowest BCUT2D eigenvalue weighted by atomic mass is 10.2. The van der Waals surface area contributed by atoms with E-state index in [1.54, 1.807) is 43.6 Å². The summed E-state index contributed by atoms with van der Waals surface area (Å²) in [6.07, 6.45) is 1.63. The van der Waals surface area contributed by atoms with Gasteiger partial charge in [0.1, 0.15) is 11.6 Å². The van der Waals surface area contributed by atoms with Crippen LogP contribution < -0.4 is 10.1 Å². The van der Waals surface area contributed by atoms with Gasteiger partial charge in [0.2, 0.25) is 0 Å². The molecule has 1 amide bonds. The van der Waals surface area contributed by atoms with Crippen LogP contribution in [0.3, 0.4) is 0 Å². The fourth-order valence-corrected chi connectivity index (χ4v) is 2.91. The van der Waals surface area contributed by atoms with Crippen molar-refractivity contribution < 1.29 is 9.53 Å². The summed E-state index contributed by atoms with van der Waals surface area (Å²) in [6, 6.07) is 8.79. The third-order valence-electron chi connectivity index (χ3n) is 4.22. The fraction of sp³-hybridized carbons (Fsp3) is 0.333. The van der Waals surface area contributed by atoms with Crippen LogP contribution in [0.5, 0.6) is 5.75 Å². The maximum atomic E-state index is 12.7. The lowest BCUT2D eigenvalue weighted by molar-refractivity contribution is 0.0664. The number of hydrogen-bond donors (Lipinski definition) is 1. The van der Waals surface area contributed by atoms with Crippen molar-refractivity contribution in [2.45, 2.75) is 0 Å². The highest BCUT2D eigenvalue weighted by Gasteiger charge is 2.20. The molecule has 1 aromatic carbocycles. The van der Waals surface area contributed by atoms with Gasteiger partial charge in [0.05, 0.1) is 12.8 Å². The summed E-state index contributed by atoms with van der Waals surface area (Å²) >= 11 is 6.05. The number of likely N-dealkylation sites (N-methyl/N-ethyl adjacent to an activating group) is 1. The Morgan fingerprint density at radius 1 is 1.20 bits per heavy atom. The van der Waals surface area contributed by atoms with Crippen molar-refractivity contribution >= 4 is 29.0 Å². The number of benzene rings is 1. The Balaban J connectivity index is 1.78. The quantitative estimate of drug-likeness (QED) is 0.908. The van der Waals surface area contributed by atoms with Crippen molar-refractivity contribution in [1.82, 2.24) is 14.8 Å². The molecule has 0 bridgehead atoms. The number of carbonyl (C=O) groups is 1. The molecule has 2 heterocycles. The van der Waals surface area contributed by atoms with E-state index in [2.05, 4.69) is 22.2 Å². The fourth-order valence-electron chi connectivity index (χ4n) is 2.74. The molecule has 25 heavy (non-hydrogen) atoms. The topological polar surface area (TPSA) is 57.7 Å². The number of methoxy groups -OCH3 is 1. The number of amides is 1. The Morgan fingerprint density at radius 2 is 1.96 bits per heavy atom. The molecule has 7 heteroatoms. The highest BCUT2D eigenvalue weighted by atomic mass is 35.5. The molecule has 1 N–H and O–H groups in total. The van der Waals surface area contributed by atoms with Crippen molar-refractivity contribution in [2.75, 3.05) is 45.7 Å². The molecule has 2 aromatic rings. The van der Waals surface area contributed by atoms with E-state index in [9.17, 15) is 4.79 Å². The Hall–Kier alpha value is -2.31. The first kappa shape index (κ1) is 17.5. The number of aromatic nitrogens is 1. The maximum absolute atomic E-state index is 12.7. The molecule has 0 spiro atoms. The zero-order valence-corrected chi connectivity index (χ0v) is 15.1. The lowest BCUT2D eigenvalue weighted by Crippen LogP contribution is -2.47. The minimum atomic E-state index is 0.0246. The van der Waals surface area contributed by atoms with E-state index in [4.69, 9.17) is 16.3 Å². The zero-order valence-electron chi connectivity index (χ0n) is 14.3. The van der Waals surface area contributed by atoms with Crippen molar-refractivity contribution in [3.8, 4) is 5.75 Å². The third-order valence-corrected chi connectivity index (χ3v) is 4.46. The monoisotopic (exact) mass is 360 g/mol. The SMILES string of the molecule is COc1ccc(Cl)cc1Nc1cc(C(=O)N2CCN(C)CC2)ccn1. The second-order valence-electron chi connectivity index (χ2n) is 5.99. The number of halogens is 1. The number of rotatable bonds is 4. The first-order chi connectivity index (χ1) is 12.1. The van der Waals surface area contributed by atoms with E-state index in [-0.39, 0.29) is 5.91 Å². The number of nitrogens with one attached hydrogen (secondary N) is 1. The van der Waals surface area contributed by atoms with Crippen molar-refractivity contribution in [3.05, 3.63) is 47.1 Å². The number of pyridine rings is 1. The van der Waals surface area contributed by atoms with Crippen LogP contribution in [0, 0.1) is 0 Å². The molecular weight excluding hydrogens is 340 g/mol. The Labute approximate surface area is 152 Å². The van der Waals surface area contributed by atoms with E-state index >= 15 is 0 Å². The van der Waals surface area contributed by atoms with Gasteiger partial charge in [-0.25, -0.2) is 4.98 Å². The van der Waals surface area contributed by atoms with Gasteiger partial charge in [0.25, 0.3) is 5.91 Å². The van der Waals surface area contributed by atoms with E-state index in [1.807, 2.05) is 4.90 Å². The van der Waals surface area contributed by atoms with Crippen molar-refractivity contribution in [2.24, 2.45) is 0 Å². The Morgan fingerprint density at radius 3 is 2.68 bits per heavy atom. The minimum absolute atomic E-state index is 0.0246. The van der Waals surface area contributed by atoms with Crippen LogP contribution in [0.25, 0.3) is 0 Å². The smallest absolute Gasteiger partial charge is 0.254 e. The van der Waals surface area contributed by atoms with Gasteiger partial charge >= 0.3 is 0 Å². The molecule has 132 valence electrons. The standard InChI is InChI=1S/C18H21ClN4O2/c1-22-7-9-23(10-8-22)18(24)13-5-6-20-17(11-13)21-15-12-14(19)3-4-16(15)25-2/h3-6,11-12H,7-10H2,1-2H3,(H,20,21). The van der Waals surface area contributed by atoms with Crippen LogP contribution >= 0.6 is 11.6 Å². The molecular formula is C18H21ClN4O2. The largest absolute Gasteiger partial charge is 0.495 e. The van der Waals surface area contributed by atoms with Crippen molar-refractivity contribution in [1.29, 1.82) is 0 Å². The van der Waals surface area contributed by atoms with Crippen LogP contribution in [0.2, 0.25) is 5.02 Å². The molecule has 0 aliphatic carbocycles. The summed E-state index contributed by atoms with van der Waals surface area (Å²) in [5, 5.41) is 3.76. The van der Waals surface area contributed by atoms with Crippen LogP contribution in [0.15, 0.2) is 36.5 Å². The summed E-state index contributed by atoms with van der Waals surface area (Å²) in [5.74, 6) is 1.25. The van der Waals surface area contributed by atoms with E-state index in [0.29, 0.717) is 27.8 Å². The number of nitrogens with zero attached hydrogens (tertiary/aromatic N) is 3. The van der Waals surface area contributed by atoms with Crippen LogP contribution in [0.1, 0.15) is 10.4 Å². The van der Waals surface area contributed by atoms with Gasteiger partial charge in [0.15, 0.2) is 0 Å². The molecule has 0 unspecified atom stereocenters. The highest BCUT2D eigenvalue weighted by molar-refractivity contribution is 6.31. The average molecular weight is 361 g/mol. The summed E-state index contributed by atoms with van der Waals surface area (Å²) < 4.78 is 5.33. The molecule has 1 aliphatic heterocycles. The summed E-state index contributed by atoms with van der Waals surface area (Å²) in [5.41, 5.74) is 1.31. The molecule has 1 aromatic heterocycles. The first-order valence-electron chi connectivity index (χ1n) is 8.11. The van der Waals surface area contributed by atoms with Gasteiger partial charge in [-0.2, -0.15) is 0 Å². The van der Waals surface area contributed by atoms with Crippen LogP contribution in [-0.4, -0.2) is 61.0 Å². The second kappa shape index (κ2) is 7.72. The molecule has 1 fully saturated rings. The molecule has 0 radical (unpaired) electrons. The van der Waals surface area contributed by atoms with Crippen molar-refractivity contribution in [3.63, 3.8) is 0 Å². The number of piperazine rings is 1. The second-order valence-corrected chi connectivity index (χ2v) is 6.43. The summed E-state index contributed by atoms with van der Waals surface area (Å²) in [4.78, 5) is 21.1. The van der Waals surface area contributed by atoms with Gasteiger partial charge < -0.3 is 19.9 Å². The normalized spacial score (nSPS) is 15.1. The predicted molar refractivity (Wildman–Crippen MR) is 98.9 cm³/mol. The van der Waals surface area contributed by atoms with Gasteiger partial charge in [0, 0.05) is 43.0 Å². The molecule has 3 rings (SSSR count). The Bertz CT molecular complexity index is 760. The van der Waals surface area contributed by atoms with Crippen LogP contribution in [-0.2, 0) is 0 Å². The van der Waals surface area contributed by atoms with Crippen LogP contribution in [0.4, 0.5) is 11.5 Å². The highest BCUT2D eigenvalue weighted by Crippen LogP contribution is 2.30. The molecule has 6 nitrogen and oxygen atoms in total. The summed E-state index contributed by atoms with van der Waals surface area (Å²) in [7, 11) is 3.66. The number of ether oxygens (including phenoxy) is 1.